The molecule has 0 bridgehead atoms. The van der Waals surface area contributed by atoms with Gasteiger partial charge in [-0.25, -0.2) is 0 Å². The number of rotatable bonds is 6. The quantitative estimate of drug-likeness (QED) is 0.584. The molecule has 0 aliphatic carbocycles. The number of carbonyl (C=O) groups excluding carboxylic acids is 1. The van der Waals surface area contributed by atoms with Crippen molar-refractivity contribution in [1.82, 2.24) is 15.0 Å². The Hall–Kier alpha value is -2.37. The highest BCUT2D eigenvalue weighted by Gasteiger charge is 2.15. The summed E-state index contributed by atoms with van der Waals surface area (Å²) in [6, 6.07) is 13.1. The normalized spacial score (nSPS) is 10.8. The second-order valence-corrected chi connectivity index (χ2v) is 7.21. The molecule has 3 aromatic rings. The van der Waals surface area contributed by atoms with Gasteiger partial charge in [-0.2, -0.15) is 4.98 Å². The molecule has 3 rings (SSSR count). The van der Waals surface area contributed by atoms with Crippen molar-refractivity contribution in [1.29, 1.82) is 0 Å². The number of hydrogen-bond donors (Lipinski definition) is 0. The summed E-state index contributed by atoms with van der Waals surface area (Å²) in [5.41, 5.74) is 2.89. The number of carbonyl (C=O) groups is 1. The van der Waals surface area contributed by atoms with Gasteiger partial charge >= 0.3 is 0 Å². The second kappa shape index (κ2) is 8.55. The largest absolute Gasteiger partial charge is 0.337 e. The average Bonchev–Trinajstić information content (AvgIpc) is 3.09. The Morgan fingerprint density at radius 3 is 2.74 bits per heavy atom. The first-order chi connectivity index (χ1) is 12.9. The van der Waals surface area contributed by atoms with Crippen LogP contribution in [0.4, 0.5) is 0 Å². The fraction of sp³-hybridized carbons (Fsp3) is 0.250. The van der Waals surface area contributed by atoms with Crippen LogP contribution in [-0.2, 0) is 17.8 Å². The average molecular weight is 404 g/mol. The predicted octanol–water partition coefficient (Wildman–Crippen LogP) is 4.94. The van der Waals surface area contributed by atoms with Gasteiger partial charge in [-0.05, 0) is 37.1 Å². The van der Waals surface area contributed by atoms with E-state index in [0.717, 1.165) is 16.7 Å². The van der Waals surface area contributed by atoms with Crippen LogP contribution in [0.5, 0.6) is 0 Å². The van der Waals surface area contributed by atoms with E-state index in [1.54, 1.807) is 24.1 Å². The van der Waals surface area contributed by atoms with E-state index < -0.39 is 0 Å². The summed E-state index contributed by atoms with van der Waals surface area (Å²) in [6.45, 7) is 2.26. The number of aryl methyl sites for hydroxylation is 2. The van der Waals surface area contributed by atoms with E-state index in [1.807, 2.05) is 37.3 Å². The first-order valence-electron chi connectivity index (χ1n) is 8.50. The molecule has 0 atom stereocenters. The summed E-state index contributed by atoms with van der Waals surface area (Å²) in [5.74, 6) is 0.880. The number of amides is 1. The molecule has 0 spiro atoms. The van der Waals surface area contributed by atoms with E-state index in [9.17, 15) is 4.79 Å². The van der Waals surface area contributed by atoms with Crippen molar-refractivity contribution in [2.75, 3.05) is 7.05 Å². The summed E-state index contributed by atoms with van der Waals surface area (Å²) in [7, 11) is 1.71. The predicted molar refractivity (Wildman–Crippen MR) is 106 cm³/mol. The molecule has 0 radical (unpaired) electrons. The zero-order valence-corrected chi connectivity index (χ0v) is 16.6. The van der Waals surface area contributed by atoms with Crippen molar-refractivity contribution in [3.05, 3.63) is 69.5 Å². The number of aromatic nitrogens is 2. The lowest BCUT2D eigenvalue weighted by molar-refractivity contribution is -0.130. The topological polar surface area (TPSA) is 59.2 Å². The third-order valence-corrected chi connectivity index (χ3v) is 4.75. The molecule has 140 valence electrons. The highest BCUT2D eigenvalue weighted by molar-refractivity contribution is 6.35. The summed E-state index contributed by atoms with van der Waals surface area (Å²) in [5, 5.41) is 5.14. The molecule has 0 fully saturated rings. The molecule has 0 aliphatic rings. The van der Waals surface area contributed by atoms with Gasteiger partial charge in [0.1, 0.15) is 0 Å². The number of hydrogen-bond acceptors (Lipinski definition) is 4. The summed E-state index contributed by atoms with van der Waals surface area (Å²) < 4.78 is 5.28. The minimum atomic E-state index is -0.0312. The first kappa shape index (κ1) is 19.4. The van der Waals surface area contributed by atoms with Crippen LogP contribution < -0.4 is 0 Å². The van der Waals surface area contributed by atoms with Gasteiger partial charge in [0, 0.05) is 29.1 Å². The van der Waals surface area contributed by atoms with Gasteiger partial charge < -0.3 is 9.42 Å². The Kier molecular flexibility index (Phi) is 6.14. The maximum Gasteiger partial charge on any atom is 0.246 e. The van der Waals surface area contributed by atoms with Crippen molar-refractivity contribution in [2.24, 2.45) is 0 Å². The van der Waals surface area contributed by atoms with E-state index in [1.165, 1.54) is 0 Å². The standard InChI is InChI=1S/C20H19Cl2N3O2/c1-13-4-3-5-15(10-13)20-23-18(27-24-20)12-25(2)19(26)9-7-14-6-8-16(21)11-17(14)22/h3-6,8,10-11H,7,9,12H2,1-2H3. The van der Waals surface area contributed by atoms with E-state index in [2.05, 4.69) is 10.1 Å². The van der Waals surface area contributed by atoms with Gasteiger partial charge in [0.25, 0.3) is 0 Å². The van der Waals surface area contributed by atoms with Crippen molar-refractivity contribution < 1.29 is 9.32 Å². The molecule has 7 heteroatoms. The molecule has 0 N–H and O–H groups in total. The van der Waals surface area contributed by atoms with Gasteiger partial charge in [-0.15, -0.1) is 0 Å². The van der Waals surface area contributed by atoms with Crippen molar-refractivity contribution in [3.63, 3.8) is 0 Å². The molecule has 27 heavy (non-hydrogen) atoms. The van der Waals surface area contributed by atoms with Gasteiger partial charge in [0.15, 0.2) is 0 Å². The van der Waals surface area contributed by atoms with E-state index in [-0.39, 0.29) is 12.5 Å². The molecule has 2 aromatic carbocycles. The third-order valence-electron chi connectivity index (χ3n) is 4.17. The van der Waals surface area contributed by atoms with E-state index in [4.69, 9.17) is 27.7 Å². The van der Waals surface area contributed by atoms with Crippen molar-refractivity contribution in [3.8, 4) is 11.4 Å². The number of halogens is 2. The smallest absolute Gasteiger partial charge is 0.246 e. The first-order valence-corrected chi connectivity index (χ1v) is 9.25. The summed E-state index contributed by atoms with van der Waals surface area (Å²) in [4.78, 5) is 18.3. The van der Waals surface area contributed by atoms with Crippen LogP contribution in [0, 0.1) is 6.92 Å². The Morgan fingerprint density at radius 2 is 2.00 bits per heavy atom. The Morgan fingerprint density at radius 1 is 1.19 bits per heavy atom. The van der Waals surface area contributed by atoms with Crippen LogP contribution in [0.1, 0.15) is 23.4 Å². The lowest BCUT2D eigenvalue weighted by Gasteiger charge is -2.15. The number of nitrogens with zero attached hydrogens (tertiary/aromatic N) is 3. The van der Waals surface area contributed by atoms with Gasteiger partial charge in [-0.1, -0.05) is 58.2 Å². The minimum Gasteiger partial charge on any atom is -0.337 e. The van der Waals surface area contributed by atoms with Crippen LogP contribution in [0.3, 0.4) is 0 Å². The van der Waals surface area contributed by atoms with Crippen LogP contribution in [0.15, 0.2) is 47.0 Å². The fourth-order valence-corrected chi connectivity index (χ4v) is 3.17. The molecule has 1 heterocycles. The van der Waals surface area contributed by atoms with E-state index >= 15 is 0 Å². The monoisotopic (exact) mass is 403 g/mol. The van der Waals surface area contributed by atoms with Crippen molar-refractivity contribution >= 4 is 29.1 Å². The lowest BCUT2D eigenvalue weighted by Crippen LogP contribution is -2.26. The molecule has 5 nitrogen and oxygen atoms in total. The molecular formula is C20H19Cl2N3O2. The van der Waals surface area contributed by atoms with Crippen LogP contribution >= 0.6 is 23.2 Å². The maximum absolute atomic E-state index is 12.4. The molecule has 1 aromatic heterocycles. The number of benzene rings is 2. The van der Waals surface area contributed by atoms with E-state index in [0.29, 0.717) is 34.6 Å². The highest BCUT2D eigenvalue weighted by atomic mass is 35.5. The van der Waals surface area contributed by atoms with Crippen LogP contribution in [0.2, 0.25) is 10.0 Å². The van der Waals surface area contributed by atoms with Crippen molar-refractivity contribution in [2.45, 2.75) is 26.3 Å². The molecule has 0 saturated carbocycles. The molecule has 0 saturated heterocycles. The minimum absolute atomic E-state index is 0.0312. The summed E-state index contributed by atoms with van der Waals surface area (Å²) >= 11 is 12.0. The molecule has 0 aliphatic heterocycles. The lowest BCUT2D eigenvalue weighted by atomic mass is 10.1. The molecule has 1 amide bonds. The highest BCUT2D eigenvalue weighted by Crippen LogP contribution is 2.22. The molecule has 0 unspecified atom stereocenters. The van der Waals surface area contributed by atoms with Crippen LogP contribution in [-0.4, -0.2) is 28.0 Å². The van der Waals surface area contributed by atoms with Gasteiger partial charge in [0.2, 0.25) is 17.6 Å². The second-order valence-electron chi connectivity index (χ2n) is 6.37. The third kappa shape index (κ3) is 5.08. The Bertz CT molecular complexity index is 956. The zero-order chi connectivity index (χ0) is 19.4. The Balaban J connectivity index is 1.58. The van der Waals surface area contributed by atoms with Crippen LogP contribution in [0.25, 0.3) is 11.4 Å². The Labute approximate surface area is 167 Å². The summed E-state index contributed by atoms with van der Waals surface area (Å²) in [6.07, 6.45) is 0.869. The van der Waals surface area contributed by atoms with Gasteiger partial charge in [-0.3, -0.25) is 4.79 Å². The fourth-order valence-electron chi connectivity index (χ4n) is 2.67. The zero-order valence-electron chi connectivity index (χ0n) is 15.1. The SMILES string of the molecule is Cc1cccc(-c2noc(CN(C)C(=O)CCc3ccc(Cl)cc3Cl)n2)c1. The maximum atomic E-state index is 12.4. The molecular weight excluding hydrogens is 385 g/mol. The van der Waals surface area contributed by atoms with Gasteiger partial charge in [0.05, 0.1) is 6.54 Å².